The van der Waals surface area contributed by atoms with Crippen LogP contribution in [0.2, 0.25) is 0 Å². The second-order valence-electron chi connectivity index (χ2n) is 8.19. The van der Waals surface area contributed by atoms with Crippen molar-refractivity contribution in [2.75, 3.05) is 36.4 Å². The molecule has 5 rings (SSSR count). The van der Waals surface area contributed by atoms with Gasteiger partial charge < -0.3 is 15.1 Å². The second kappa shape index (κ2) is 9.46. The minimum atomic E-state index is -0.00832. The van der Waals surface area contributed by atoms with Crippen LogP contribution >= 0.6 is 11.3 Å². The number of nitrogens with zero attached hydrogens (tertiary/aromatic N) is 2. The summed E-state index contributed by atoms with van der Waals surface area (Å²) in [7, 11) is 0. The maximum absolute atomic E-state index is 13.0. The third kappa shape index (κ3) is 4.91. The molecule has 0 radical (unpaired) electrons. The number of hydrogen-bond donors (Lipinski definition) is 1. The standard InChI is InChI=1S/C27H25N3O2S/c31-26(19-25-6-3-17-33-25)28-23-9-11-24(12-10-23)29-13-15-30(16-14-29)27(32)22-8-7-20-4-1-2-5-21(20)18-22/h1-12,17-18H,13-16,19H2,(H,28,31). The quantitative estimate of drug-likeness (QED) is 0.458. The molecule has 2 heterocycles. The zero-order valence-corrected chi connectivity index (χ0v) is 19.1. The molecule has 1 aromatic heterocycles. The molecule has 6 heteroatoms. The first-order chi connectivity index (χ1) is 16.2. The average molecular weight is 456 g/mol. The lowest BCUT2D eigenvalue weighted by Gasteiger charge is -2.36. The Morgan fingerprint density at radius 3 is 2.30 bits per heavy atom. The highest BCUT2D eigenvalue weighted by atomic mass is 32.1. The molecule has 0 unspecified atom stereocenters. The highest BCUT2D eigenvalue weighted by molar-refractivity contribution is 7.10. The molecule has 166 valence electrons. The lowest BCUT2D eigenvalue weighted by atomic mass is 10.1. The number of carbonyl (C=O) groups excluding carboxylic acids is 2. The Balaban J connectivity index is 1.16. The third-order valence-electron chi connectivity index (χ3n) is 5.99. The van der Waals surface area contributed by atoms with E-state index < -0.39 is 0 Å². The lowest BCUT2D eigenvalue weighted by molar-refractivity contribution is -0.115. The number of hydrogen-bond acceptors (Lipinski definition) is 4. The smallest absolute Gasteiger partial charge is 0.253 e. The first-order valence-electron chi connectivity index (χ1n) is 11.1. The Morgan fingerprint density at radius 2 is 1.58 bits per heavy atom. The lowest BCUT2D eigenvalue weighted by Crippen LogP contribution is -2.48. The van der Waals surface area contributed by atoms with Crippen LogP contribution in [0.1, 0.15) is 15.2 Å². The van der Waals surface area contributed by atoms with E-state index in [-0.39, 0.29) is 11.8 Å². The van der Waals surface area contributed by atoms with Gasteiger partial charge in [0.05, 0.1) is 6.42 Å². The van der Waals surface area contributed by atoms with Gasteiger partial charge in [-0.05, 0) is 58.6 Å². The topological polar surface area (TPSA) is 52.7 Å². The molecule has 2 amide bonds. The summed E-state index contributed by atoms with van der Waals surface area (Å²) in [6.45, 7) is 2.93. The van der Waals surface area contributed by atoms with Gasteiger partial charge in [0.15, 0.2) is 0 Å². The fourth-order valence-electron chi connectivity index (χ4n) is 4.20. The van der Waals surface area contributed by atoms with Crippen LogP contribution in [0.4, 0.5) is 11.4 Å². The molecular weight excluding hydrogens is 430 g/mol. The molecule has 4 aromatic rings. The van der Waals surface area contributed by atoms with Gasteiger partial charge in [-0.3, -0.25) is 9.59 Å². The number of piperazine rings is 1. The van der Waals surface area contributed by atoms with Crippen LogP contribution in [0.25, 0.3) is 10.8 Å². The van der Waals surface area contributed by atoms with E-state index in [2.05, 4.69) is 16.3 Å². The third-order valence-corrected chi connectivity index (χ3v) is 6.87. The van der Waals surface area contributed by atoms with Crippen molar-refractivity contribution in [2.24, 2.45) is 0 Å². The monoisotopic (exact) mass is 455 g/mol. The van der Waals surface area contributed by atoms with Crippen molar-refractivity contribution in [3.8, 4) is 0 Å². The van der Waals surface area contributed by atoms with Crippen molar-refractivity contribution in [2.45, 2.75) is 6.42 Å². The van der Waals surface area contributed by atoms with Crippen molar-refractivity contribution in [1.82, 2.24) is 4.90 Å². The van der Waals surface area contributed by atoms with E-state index >= 15 is 0 Å². The Morgan fingerprint density at radius 1 is 0.818 bits per heavy atom. The van der Waals surface area contributed by atoms with Crippen LogP contribution in [0.5, 0.6) is 0 Å². The number of anilines is 2. The van der Waals surface area contributed by atoms with Gasteiger partial charge in [-0.15, -0.1) is 11.3 Å². The minimum absolute atomic E-state index is 0.00832. The predicted octanol–water partition coefficient (Wildman–Crippen LogP) is 5.04. The van der Waals surface area contributed by atoms with Crippen LogP contribution in [0.3, 0.4) is 0 Å². The number of carbonyl (C=O) groups is 2. The van der Waals surface area contributed by atoms with E-state index in [9.17, 15) is 9.59 Å². The summed E-state index contributed by atoms with van der Waals surface area (Å²) in [5.41, 5.74) is 2.64. The Hall–Kier alpha value is -3.64. The Labute approximate surface area is 197 Å². The molecule has 1 aliphatic heterocycles. The van der Waals surface area contributed by atoms with Crippen molar-refractivity contribution < 1.29 is 9.59 Å². The van der Waals surface area contributed by atoms with Gasteiger partial charge in [0.25, 0.3) is 5.91 Å². The Bertz CT molecular complexity index is 1260. The number of fused-ring (bicyclic) bond motifs is 1. The van der Waals surface area contributed by atoms with Crippen LogP contribution in [-0.4, -0.2) is 42.9 Å². The normalized spacial score (nSPS) is 13.8. The SMILES string of the molecule is O=C(Cc1cccs1)Nc1ccc(N2CCN(C(=O)c3ccc4ccccc4c3)CC2)cc1. The second-order valence-corrected chi connectivity index (χ2v) is 9.22. The molecule has 1 fully saturated rings. The minimum Gasteiger partial charge on any atom is -0.368 e. The fraction of sp³-hybridized carbons (Fsp3) is 0.185. The number of benzene rings is 3. The fourth-order valence-corrected chi connectivity index (χ4v) is 4.91. The maximum Gasteiger partial charge on any atom is 0.253 e. The molecule has 33 heavy (non-hydrogen) atoms. The number of amides is 2. The molecular formula is C27H25N3O2S. The van der Waals surface area contributed by atoms with Gasteiger partial charge in [0.2, 0.25) is 5.91 Å². The molecule has 1 saturated heterocycles. The number of rotatable bonds is 5. The van der Waals surface area contributed by atoms with E-state index in [1.807, 2.05) is 83.1 Å². The largest absolute Gasteiger partial charge is 0.368 e. The summed E-state index contributed by atoms with van der Waals surface area (Å²) in [6, 6.07) is 25.9. The summed E-state index contributed by atoms with van der Waals surface area (Å²) in [6.07, 6.45) is 0.395. The number of thiophene rings is 1. The van der Waals surface area contributed by atoms with Crippen LogP contribution in [-0.2, 0) is 11.2 Å². The molecule has 1 aliphatic rings. The molecule has 1 N–H and O–H groups in total. The zero-order valence-electron chi connectivity index (χ0n) is 18.2. The first kappa shape index (κ1) is 21.2. The first-order valence-corrected chi connectivity index (χ1v) is 12.0. The van der Waals surface area contributed by atoms with Gasteiger partial charge in [0, 0.05) is 48.0 Å². The van der Waals surface area contributed by atoms with Crippen LogP contribution in [0.15, 0.2) is 84.2 Å². The summed E-state index contributed by atoms with van der Waals surface area (Å²) in [5, 5.41) is 7.17. The van der Waals surface area contributed by atoms with Crippen molar-refractivity contribution in [3.05, 3.63) is 94.7 Å². The number of nitrogens with one attached hydrogen (secondary N) is 1. The molecule has 3 aromatic carbocycles. The van der Waals surface area contributed by atoms with Gasteiger partial charge in [0.1, 0.15) is 0 Å². The van der Waals surface area contributed by atoms with E-state index in [1.54, 1.807) is 11.3 Å². The molecule has 0 atom stereocenters. The van der Waals surface area contributed by atoms with Gasteiger partial charge in [-0.25, -0.2) is 0 Å². The molecule has 5 nitrogen and oxygen atoms in total. The van der Waals surface area contributed by atoms with Crippen molar-refractivity contribution in [1.29, 1.82) is 0 Å². The van der Waals surface area contributed by atoms with Crippen molar-refractivity contribution >= 4 is 45.3 Å². The average Bonchev–Trinajstić information content (AvgIpc) is 3.37. The Kier molecular flexibility index (Phi) is 6.09. The molecule has 0 bridgehead atoms. The molecule has 0 spiro atoms. The zero-order chi connectivity index (χ0) is 22.6. The van der Waals surface area contributed by atoms with E-state index in [0.717, 1.165) is 45.7 Å². The predicted molar refractivity (Wildman–Crippen MR) is 135 cm³/mol. The van der Waals surface area contributed by atoms with E-state index in [4.69, 9.17) is 0 Å². The van der Waals surface area contributed by atoms with Gasteiger partial charge in [-0.2, -0.15) is 0 Å². The summed E-state index contributed by atoms with van der Waals surface area (Å²) < 4.78 is 0. The van der Waals surface area contributed by atoms with E-state index in [1.165, 1.54) is 0 Å². The van der Waals surface area contributed by atoms with Crippen LogP contribution < -0.4 is 10.2 Å². The summed E-state index contributed by atoms with van der Waals surface area (Å²) >= 11 is 1.59. The summed E-state index contributed by atoms with van der Waals surface area (Å²) in [5.74, 6) is 0.0789. The van der Waals surface area contributed by atoms with Gasteiger partial charge >= 0.3 is 0 Å². The van der Waals surface area contributed by atoms with Crippen LogP contribution in [0, 0.1) is 0 Å². The van der Waals surface area contributed by atoms with E-state index in [0.29, 0.717) is 19.5 Å². The molecule has 0 saturated carbocycles. The van der Waals surface area contributed by atoms with Crippen molar-refractivity contribution in [3.63, 3.8) is 0 Å². The maximum atomic E-state index is 13.0. The highest BCUT2D eigenvalue weighted by Crippen LogP contribution is 2.22. The molecule has 0 aliphatic carbocycles. The highest BCUT2D eigenvalue weighted by Gasteiger charge is 2.22. The van der Waals surface area contributed by atoms with Gasteiger partial charge in [-0.1, -0.05) is 36.4 Å². The summed E-state index contributed by atoms with van der Waals surface area (Å²) in [4.78, 5) is 30.5.